The summed E-state index contributed by atoms with van der Waals surface area (Å²) in [6.45, 7) is 0. The molecule has 1 aliphatic rings. The number of hydrogen-bond acceptors (Lipinski definition) is 1. The van der Waals surface area contributed by atoms with Crippen LogP contribution in [0.25, 0.3) is 43.1 Å². The van der Waals surface area contributed by atoms with Crippen molar-refractivity contribution in [3.05, 3.63) is 144 Å². The lowest BCUT2D eigenvalue weighted by atomic mass is 9.78. The van der Waals surface area contributed by atoms with Crippen LogP contribution < -0.4 is 0 Å². The summed E-state index contributed by atoms with van der Waals surface area (Å²) >= 11 is 1.74. The summed E-state index contributed by atoms with van der Waals surface area (Å²) in [5, 5.41) is 8.74. The fourth-order valence-electron chi connectivity index (χ4n) is 6.00. The lowest BCUT2D eigenvalue weighted by Crippen LogP contribution is -2.12. The van der Waals surface area contributed by atoms with Gasteiger partial charge in [-0.15, -0.1) is 0 Å². The van der Waals surface area contributed by atoms with Crippen LogP contribution in [0.5, 0.6) is 0 Å². The third-order valence-corrected chi connectivity index (χ3v) is 8.72. The van der Waals surface area contributed by atoms with E-state index in [9.17, 15) is 0 Å². The maximum absolute atomic E-state index is 9.12. The first kappa shape index (κ1) is 15.8. The van der Waals surface area contributed by atoms with Gasteiger partial charge < -0.3 is 0 Å². The Hall–Kier alpha value is -4.07. The molecule has 0 amide bonds. The van der Waals surface area contributed by atoms with Gasteiger partial charge in [-0.05, 0) is 59.8 Å². The Morgan fingerprint density at radius 1 is 0.444 bits per heavy atom. The maximum atomic E-state index is 9.12. The summed E-state index contributed by atoms with van der Waals surface area (Å²) in [6, 6.07) is 32.1. The maximum Gasteiger partial charge on any atom is 0.0626 e. The predicted molar refractivity (Wildman–Crippen MR) is 154 cm³/mol. The van der Waals surface area contributed by atoms with Crippen molar-refractivity contribution in [3.63, 3.8) is 0 Å². The summed E-state index contributed by atoms with van der Waals surface area (Å²) < 4.78 is 43.7. The Morgan fingerprint density at radius 2 is 0.806 bits per heavy atom. The molecular weight excluding hydrogens is 452 g/mol. The number of hydrogen-bond donors (Lipinski definition) is 0. The van der Waals surface area contributed by atoms with Crippen LogP contribution in [-0.2, 0) is 0 Å². The van der Waals surface area contributed by atoms with Crippen LogP contribution in [0.3, 0.4) is 0 Å². The van der Waals surface area contributed by atoms with E-state index in [1.165, 1.54) is 0 Å². The molecule has 0 saturated heterocycles. The van der Waals surface area contributed by atoms with Gasteiger partial charge >= 0.3 is 0 Å². The molecule has 0 unspecified atom stereocenters. The van der Waals surface area contributed by atoms with Gasteiger partial charge in [-0.1, -0.05) is 139 Å². The van der Waals surface area contributed by atoms with Crippen molar-refractivity contribution in [1.29, 1.82) is 0 Å². The Kier molecular flexibility index (Phi) is 3.39. The van der Waals surface area contributed by atoms with Crippen LogP contribution in [0.1, 0.15) is 29.5 Å². The zero-order valence-corrected chi connectivity index (χ0v) is 20.0. The largest absolute Gasteiger partial charge is 0.0881 e. The minimum Gasteiger partial charge on any atom is -0.0881 e. The predicted octanol–water partition coefficient (Wildman–Crippen LogP) is 9.94. The van der Waals surface area contributed by atoms with Gasteiger partial charge in [0.25, 0.3) is 0 Å². The van der Waals surface area contributed by atoms with E-state index in [4.69, 9.17) is 6.85 Å². The van der Waals surface area contributed by atoms with Gasteiger partial charge in [0.1, 0.15) is 0 Å². The molecule has 0 N–H and O–H groups in total. The van der Waals surface area contributed by atoms with Gasteiger partial charge in [0.15, 0.2) is 0 Å². The molecule has 1 heterocycles. The molecule has 168 valence electrons. The second-order valence-electron chi connectivity index (χ2n) is 9.24. The fraction of sp³-hybridized carbons (Fsp3) is 0.0286. The molecule has 0 fully saturated rings. The van der Waals surface area contributed by atoms with Crippen molar-refractivity contribution in [2.45, 2.75) is 15.7 Å². The molecule has 0 spiro atoms. The first-order valence-corrected chi connectivity index (χ1v) is 12.9. The fourth-order valence-corrected chi connectivity index (χ4v) is 7.46. The lowest BCUT2D eigenvalue weighted by Gasteiger charge is -2.33. The van der Waals surface area contributed by atoms with Gasteiger partial charge in [-0.2, -0.15) is 0 Å². The van der Waals surface area contributed by atoms with Crippen molar-refractivity contribution in [1.82, 2.24) is 0 Å². The Balaban J connectivity index is 1.67. The topological polar surface area (TPSA) is 0 Å². The first-order valence-electron chi connectivity index (χ1n) is 14.6. The molecule has 0 saturated carbocycles. The van der Waals surface area contributed by atoms with Crippen molar-refractivity contribution in [3.8, 4) is 0 Å². The van der Waals surface area contributed by atoms with E-state index in [1.54, 1.807) is 11.8 Å². The average Bonchev–Trinajstić information content (AvgIpc) is 3.02. The van der Waals surface area contributed by atoms with E-state index < -0.39 is 5.92 Å². The molecule has 1 heteroatoms. The van der Waals surface area contributed by atoms with E-state index >= 15 is 0 Å². The van der Waals surface area contributed by atoms with Gasteiger partial charge in [-0.3, -0.25) is 0 Å². The number of rotatable bonds is 1. The summed E-state index contributed by atoms with van der Waals surface area (Å²) in [4.78, 5) is 2.15. The summed E-state index contributed by atoms with van der Waals surface area (Å²) in [6.07, 6.45) is 0. The molecule has 0 aromatic heterocycles. The van der Waals surface area contributed by atoms with E-state index in [0.29, 0.717) is 5.56 Å². The highest BCUT2D eigenvalue weighted by molar-refractivity contribution is 8.00. The second kappa shape index (κ2) is 7.71. The van der Waals surface area contributed by atoms with E-state index in [-0.39, 0.29) is 30.2 Å². The van der Waals surface area contributed by atoms with Gasteiger partial charge in [0, 0.05) is 15.7 Å². The molecule has 0 atom stereocenters. The highest BCUT2D eigenvalue weighted by Crippen LogP contribution is 2.57. The summed E-state index contributed by atoms with van der Waals surface area (Å²) in [5.41, 5.74) is 2.31. The lowest BCUT2D eigenvalue weighted by molar-refractivity contribution is 0.938. The standard InChI is InChI=1S/C35H22S/c1-2-12-22(13-3-1)31-32-27-18-8-4-14-23(27)25-16-6-10-20-29(25)34(32)36-35-30-21-11-7-17-26(30)24-15-5-9-19-28(24)33(31)35/h1-21,31H/i1D,2D,3D,12D,13D. The van der Waals surface area contributed by atoms with Crippen LogP contribution >= 0.6 is 11.8 Å². The van der Waals surface area contributed by atoms with Crippen molar-refractivity contribution >= 4 is 54.9 Å². The van der Waals surface area contributed by atoms with Crippen molar-refractivity contribution < 1.29 is 6.85 Å². The molecule has 0 radical (unpaired) electrons. The van der Waals surface area contributed by atoms with Crippen molar-refractivity contribution in [2.75, 3.05) is 0 Å². The van der Waals surface area contributed by atoms with Crippen LogP contribution in [0.2, 0.25) is 0 Å². The van der Waals surface area contributed by atoms with Crippen LogP contribution in [0.15, 0.2) is 137 Å². The Bertz CT molecular complexity index is 2100. The first-order chi connectivity index (χ1) is 20.0. The van der Waals surface area contributed by atoms with Gasteiger partial charge in [0.2, 0.25) is 0 Å². The monoisotopic (exact) mass is 479 g/mol. The number of benzene rings is 7. The highest BCUT2D eigenvalue weighted by Gasteiger charge is 2.33. The zero-order chi connectivity index (χ0) is 28.0. The van der Waals surface area contributed by atoms with Gasteiger partial charge in [-0.25, -0.2) is 0 Å². The highest BCUT2D eigenvalue weighted by atomic mass is 32.2. The third kappa shape index (κ3) is 2.72. The zero-order valence-electron chi connectivity index (χ0n) is 24.2. The normalized spacial score (nSPS) is 15.3. The molecule has 7 aromatic carbocycles. The SMILES string of the molecule is [2H]c1c([2H])c([2H])c(C2c3c(c4ccccc4c4ccccc34)Sc3c2c2ccccc2c2ccccc32)c([2H])c1[2H]. The van der Waals surface area contributed by atoms with Crippen LogP contribution in [0, 0.1) is 0 Å². The van der Waals surface area contributed by atoms with E-state index in [1.807, 2.05) is 36.4 Å². The quantitative estimate of drug-likeness (QED) is 0.211. The number of fused-ring (bicyclic) bond motifs is 12. The minimum absolute atomic E-state index is 0.153. The smallest absolute Gasteiger partial charge is 0.0626 e. The molecule has 0 nitrogen and oxygen atoms in total. The molecule has 8 rings (SSSR count). The molecule has 1 aliphatic heterocycles. The van der Waals surface area contributed by atoms with Crippen LogP contribution in [0.4, 0.5) is 0 Å². The molecular formula is C35H22S. The van der Waals surface area contributed by atoms with Gasteiger partial charge in [0.05, 0.1) is 6.85 Å². The van der Waals surface area contributed by atoms with Crippen molar-refractivity contribution in [2.24, 2.45) is 0 Å². The third-order valence-electron chi connectivity index (χ3n) is 7.44. The molecule has 0 aliphatic carbocycles. The molecule has 7 aromatic rings. The Morgan fingerprint density at radius 3 is 1.25 bits per heavy atom. The second-order valence-corrected chi connectivity index (χ2v) is 10.3. The van der Waals surface area contributed by atoms with E-state index in [0.717, 1.165) is 64.0 Å². The molecule has 36 heavy (non-hydrogen) atoms. The summed E-state index contributed by atoms with van der Waals surface area (Å²) in [7, 11) is 0. The minimum atomic E-state index is -0.570. The van der Waals surface area contributed by atoms with E-state index in [2.05, 4.69) is 60.7 Å². The average molecular weight is 480 g/mol. The van der Waals surface area contributed by atoms with Crippen LogP contribution in [-0.4, -0.2) is 0 Å². The summed E-state index contributed by atoms with van der Waals surface area (Å²) in [5.74, 6) is -0.570. The Labute approximate surface area is 221 Å². The molecule has 0 bridgehead atoms.